The monoisotopic (exact) mass is 250 g/mol. The van der Waals surface area contributed by atoms with Crippen molar-refractivity contribution >= 4 is 11.8 Å². The van der Waals surface area contributed by atoms with E-state index in [-0.39, 0.29) is 0 Å². The minimum absolute atomic E-state index is 0.464. The number of hydrogen-bond donors (Lipinski definition) is 1. The molecule has 0 aromatic carbocycles. The fourth-order valence-electron chi connectivity index (χ4n) is 0.896. The van der Waals surface area contributed by atoms with Crippen molar-refractivity contribution in [2.45, 2.75) is 6.42 Å². The van der Waals surface area contributed by atoms with Crippen molar-refractivity contribution in [3.63, 3.8) is 0 Å². The van der Waals surface area contributed by atoms with Gasteiger partial charge in [0.15, 0.2) is 0 Å². The van der Waals surface area contributed by atoms with E-state index in [1.165, 1.54) is 11.8 Å². The van der Waals surface area contributed by atoms with Crippen LogP contribution in [0, 0.1) is 10.1 Å². The molecule has 0 rings (SSSR count). The summed E-state index contributed by atoms with van der Waals surface area (Å²) in [7, 11) is 1.62. The van der Waals surface area contributed by atoms with Crippen molar-refractivity contribution < 1.29 is 14.4 Å². The van der Waals surface area contributed by atoms with Crippen LogP contribution in [0.25, 0.3) is 0 Å². The van der Waals surface area contributed by atoms with Crippen LogP contribution >= 0.6 is 11.8 Å². The molecule has 0 bridgehead atoms. The molecule has 0 heterocycles. The molecule has 0 radical (unpaired) electrons. The summed E-state index contributed by atoms with van der Waals surface area (Å²) < 4.78 is 10.1. The van der Waals surface area contributed by atoms with Crippen LogP contribution in [-0.2, 0) is 9.47 Å². The molecule has 0 fully saturated rings. The third kappa shape index (κ3) is 9.75. The van der Waals surface area contributed by atoms with E-state index in [4.69, 9.17) is 9.47 Å². The van der Waals surface area contributed by atoms with Gasteiger partial charge in [-0.15, -0.1) is 11.8 Å². The molecule has 0 amide bonds. The van der Waals surface area contributed by atoms with Gasteiger partial charge in [-0.3, -0.25) is 10.1 Å². The van der Waals surface area contributed by atoms with Crippen molar-refractivity contribution in [2.75, 3.05) is 39.7 Å². The molecule has 7 heteroatoms. The van der Waals surface area contributed by atoms with Crippen LogP contribution in [0.3, 0.4) is 0 Å². The van der Waals surface area contributed by atoms with Gasteiger partial charge in [0.2, 0.25) is 0 Å². The lowest BCUT2D eigenvalue weighted by atomic mass is 10.4. The zero-order valence-corrected chi connectivity index (χ0v) is 10.4. The number of nitro groups is 1. The van der Waals surface area contributed by atoms with E-state index in [0.717, 1.165) is 12.6 Å². The highest BCUT2D eigenvalue weighted by Gasteiger charge is 1.99. The Bertz CT molecular complexity index is 224. The molecule has 0 saturated carbocycles. The number of nitrogens with one attached hydrogen (secondary N) is 1. The van der Waals surface area contributed by atoms with Crippen LogP contribution in [-0.4, -0.2) is 44.7 Å². The van der Waals surface area contributed by atoms with Crippen molar-refractivity contribution in [1.82, 2.24) is 5.32 Å². The third-order valence-corrected chi connectivity index (χ3v) is 2.33. The molecule has 94 valence electrons. The van der Waals surface area contributed by atoms with Gasteiger partial charge in [0.25, 0.3) is 6.20 Å². The Morgan fingerprint density at radius 2 is 2.25 bits per heavy atom. The van der Waals surface area contributed by atoms with Gasteiger partial charge in [-0.25, -0.2) is 0 Å². The SMILES string of the molecule is COCCOCCCN/C(=C/[N+](=O)[O-])SC. The van der Waals surface area contributed by atoms with E-state index in [9.17, 15) is 10.1 Å². The van der Waals surface area contributed by atoms with Gasteiger partial charge in [-0.05, 0) is 12.7 Å². The van der Waals surface area contributed by atoms with E-state index in [1.807, 2.05) is 0 Å². The lowest BCUT2D eigenvalue weighted by molar-refractivity contribution is -0.403. The van der Waals surface area contributed by atoms with Crippen LogP contribution in [0.4, 0.5) is 0 Å². The average molecular weight is 250 g/mol. The highest BCUT2D eigenvalue weighted by molar-refractivity contribution is 8.02. The second kappa shape index (κ2) is 10.7. The number of nitrogens with zero attached hydrogens (tertiary/aromatic N) is 1. The molecule has 0 atom stereocenters. The Morgan fingerprint density at radius 3 is 2.81 bits per heavy atom. The van der Waals surface area contributed by atoms with Gasteiger partial charge in [-0.2, -0.15) is 0 Å². The minimum atomic E-state index is -0.464. The molecular formula is C9H18N2O4S. The number of methoxy groups -OCH3 is 1. The minimum Gasteiger partial charge on any atom is -0.382 e. The standard InChI is InChI=1S/C9H18N2O4S/c1-14-6-7-15-5-3-4-10-9(16-2)8-11(12)13/h8,10H,3-7H2,1-2H3/b9-8-. The van der Waals surface area contributed by atoms with Gasteiger partial charge in [0, 0.05) is 20.3 Å². The molecule has 0 saturated heterocycles. The second-order valence-electron chi connectivity index (χ2n) is 2.87. The third-order valence-electron chi connectivity index (χ3n) is 1.64. The van der Waals surface area contributed by atoms with Crippen LogP contribution in [0.1, 0.15) is 6.42 Å². The van der Waals surface area contributed by atoms with Crippen LogP contribution < -0.4 is 5.32 Å². The van der Waals surface area contributed by atoms with E-state index in [2.05, 4.69) is 5.32 Å². The summed E-state index contributed by atoms with van der Waals surface area (Å²) >= 11 is 1.32. The zero-order valence-electron chi connectivity index (χ0n) is 9.60. The molecule has 16 heavy (non-hydrogen) atoms. The number of thioether (sulfide) groups is 1. The maximum atomic E-state index is 10.2. The molecule has 0 aliphatic heterocycles. The molecule has 0 spiro atoms. The fourth-order valence-corrected chi connectivity index (χ4v) is 1.33. The normalized spacial score (nSPS) is 11.5. The lowest BCUT2D eigenvalue weighted by Gasteiger charge is -2.06. The maximum Gasteiger partial charge on any atom is 0.263 e. The molecule has 1 N–H and O–H groups in total. The van der Waals surface area contributed by atoms with Crippen molar-refractivity contribution in [1.29, 1.82) is 0 Å². The average Bonchev–Trinajstić information content (AvgIpc) is 2.25. The first-order valence-electron chi connectivity index (χ1n) is 4.90. The molecule has 6 nitrogen and oxygen atoms in total. The van der Waals surface area contributed by atoms with Crippen molar-refractivity contribution in [3.05, 3.63) is 21.3 Å². The molecule has 0 aliphatic carbocycles. The summed E-state index contributed by atoms with van der Waals surface area (Å²) in [4.78, 5) is 9.75. The van der Waals surface area contributed by atoms with Crippen LogP contribution in [0.15, 0.2) is 11.2 Å². The Labute approximate surface area is 99.5 Å². The maximum absolute atomic E-state index is 10.2. The fraction of sp³-hybridized carbons (Fsp3) is 0.778. The largest absolute Gasteiger partial charge is 0.382 e. The highest BCUT2D eigenvalue weighted by atomic mass is 32.2. The summed E-state index contributed by atoms with van der Waals surface area (Å²) in [6.07, 6.45) is 3.56. The highest BCUT2D eigenvalue weighted by Crippen LogP contribution is 2.06. The Balaban J connectivity index is 3.45. The quantitative estimate of drug-likeness (QED) is 0.355. The Hall–Kier alpha value is -0.790. The predicted octanol–water partition coefficient (Wildman–Crippen LogP) is 1.07. The second-order valence-corrected chi connectivity index (χ2v) is 3.72. The van der Waals surface area contributed by atoms with Crippen molar-refractivity contribution in [3.8, 4) is 0 Å². The zero-order chi connectivity index (χ0) is 12.2. The van der Waals surface area contributed by atoms with E-state index in [0.29, 0.717) is 31.4 Å². The number of rotatable bonds is 10. The van der Waals surface area contributed by atoms with Gasteiger partial charge in [0.05, 0.1) is 18.1 Å². The number of hydrogen-bond acceptors (Lipinski definition) is 6. The van der Waals surface area contributed by atoms with E-state index < -0.39 is 4.92 Å². The van der Waals surface area contributed by atoms with Crippen LogP contribution in [0.5, 0.6) is 0 Å². The molecule has 0 aromatic rings. The first-order valence-corrected chi connectivity index (χ1v) is 6.13. The topological polar surface area (TPSA) is 73.6 Å². The first kappa shape index (κ1) is 15.2. The van der Waals surface area contributed by atoms with Gasteiger partial charge in [0.1, 0.15) is 5.03 Å². The lowest BCUT2D eigenvalue weighted by Crippen LogP contribution is -2.16. The summed E-state index contributed by atoms with van der Waals surface area (Å²) in [6.45, 7) is 2.45. The predicted molar refractivity (Wildman–Crippen MR) is 63.9 cm³/mol. The summed E-state index contributed by atoms with van der Waals surface area (Å²) in [5.74, 6) is 0. The Kier molecular flexibility index (Phi) is 10.2. The molecule has 0 unspecified atom stereocenters. The van der Waals surface area contributed by atoms with Gasteiger partial charge >= 0.3 is 0 Å². The summed E-state index contributed by atoms with van der Waals surface area (Å²) in [5, 5.41) is 13.7. The molecular weight excluding hydrogens is 232 g/mol. The summed E-state index contributed by atoms with van der Waals surface area (Å²) in [5.41, 5.74) is 0. The first-order chi connectivity index (χ1) is 7.70. The van der Waals surface area contributed by atoms with Gasteiger partial charge < -0.3 is 14.8 Å². The summed E-state index contributed by atoms with van der Waals surface area (Å²) in [6, 6.07) is 0. The molecule has 0 aromatic heterocycles. The Morgan fingerprint density at radius 1 is 1.50 bits per heavy atom. The number of ether oxygens (including phenoxy) is 2. The van der Waals surface area contributed by atoms with Crippen LogP contribution in [0.2, 0.25) is 0 Å². The van der Waals surface area contributed by atoms with Crippen molar-refractivity contribution in [2.24, 2.45) is 0 Å². The van der Waals surface area contributed by atoms with E-state index in [1.54, 1.807) is 13.4 Å². The smallest absolute Gasteiger partial charge is 0.263 e. The van der Waals surface area contributed by atoms with E-state index >= 15 is 0 Å². The van der Waals surface area contributed by atoms with Gasteiger partial charge in [-0.1, -0.05) is 0 Å². The molecule has 0 aliphatic rings.